The molecule has 0 aliphatic carbocycles. The van der Waals surface area contributed by atoms with E-state index >= 15 is 0 Å². The molecule has 0 aliphatic heterocycles. The van der Waals surface area contributed by atoms with Gasteiger partial charge in [0.15, 0.2) is 0 Å². The van der Waals surface area contributed by atoms with Crippen LogP contribution in [0.25, 0.3) is 5.52 Å². The Morgan fingerprint density at radius 2 is 2.36 bits per heavy atom. The second-order valence-electron chi connectivity index (χ2n) is 3.28. The van der Waals surface area contributed by atoms with E-state index in [4.69, 9.17) is 0 Å². The van der Waals surface area contributed by atoms with Gasteiger partial charge in [0.05, 0.1) is 12.2 Å². The van der Waals surface area contributed by atoms with Gasteiger partial charge in [-0.25, -0.2) is 4.98 Å². The maximum atomic E-state index is 9.56. The third-order valence-electron chi connectivity index (χ3n) is 2.40. The van der Waals surface area contributed by atoms with Crippen LogP contribution in [0.2, 0.25) is 0 Å². The Labute approximate surface area is 82.2 Å². The Hall–Kier alpha value is -1.55. The number of nitrogens with zero attached hydrogens (tertiary/aromatic N) is 2. The van der Waals surface area contributed by atoms with Crippen LogP contribution < -0.4 is 5.32 Å². The van der Waals surface area contributed by atoms with Crippen LogP contribution in [0.1, 0.15) is 18.8 Å². The topological polar surface area (TPSA) is 49.6 Å². The Morgan fingerprint density at radius 3 is 3.07 bits per heavy atom. The fourth-order valence-electron chi connectivity index (χ4n) is 1.48. The number of hydrogen-bond acceptors (Lipinski definition) is 3. The maximum Gasteiger partial charge on any atom is 0.141 e. The minimum atomic E-state index is 0.166. The zero-order chi connectivity index (χ0) is 10.1. The van der Waals surface area contributed by atoms with Crippen molar-refractivity contribution in [2.45, 2.75) is 13.0 Å². The highest BCUT2D eigenvalue weighted by Gasteiger charge is 2.10. The Morgan fingerprint density at radius 1 is 1.57 bits per heavy atom. The summed E-state index contributed by atoms with van der Waals surface area (Å²) in [7, 11) is 1.88. The third kappa shape index (κ3) is 1.24. The molecule has 4 heteroatoms. The van der Waals surface area contributed by atoms with E-state index in [-0.39, 0.29) is 11.8 Å². The smallest absolute Gasteiger partial charge is 0.141 e. The Bertz CT molecular complexity index is 450. The number of aromatic hydroxyl groups is 1. The van der Waals surface area contributed by atoms with Crippen molar-refractivity contribution in [1.82, 2.24) is 14.7 Å². The van der Waals surface area contributed by atoms with Crippen LogP contribution in [0.3, 0.4) is 0 Å². The molecule has 1 unspecified atom stereocenters. The lowest BCUT2D eigenvalue weighted by Crippen LogP contribution is -2.15. The molecule has 0 fully saturated rings. The molecule has 2 heterocycles. The third-order valence-corrected chi connectivity index (χ3v) is 2.40. The van der Waals surface area contributed by atoms with Gasteiger partial charge in [-0.05, 0) is 26.1 Å². The maximum absolute atomic E-state index is 9.56. The highest BCUT2D eigenvalue weighted by Crippen LogP contribution is 2.21. The van der Waals surface area contributed by atoms with Crippen LogP contribution in [-0.4, -0.2) is 21.5 Å². The molecule has 0 bridgehead atoms. The van der Waals surface area contributed by atoms with Crippen molar-refractivity contribution in [1.29, 1.82) is 0 Å². The average Bonchev–Trinajstić information content (AvgIpc) is 2.62. The SMILES string of the molecule is CNC(C)c1ncc2c(O)cccn12. The van der Waals surface area contributed by atoms with Crippen molar-refractivity contribution in [3.63, 3.8) is 0 Å². The lowest BCUT2D eigenvalue weighted by atomic mass is 10.3. The van der Waals surface area contributed by atoms with Gasteiger partial charge in [-0.15, -0.1) is 0 Å². The molecule has 0 amide bonds. The zero-order valence-corrected chi connectivity index (χ0v) is 8.23. The molecule has 2 aromatic heterocycles. The van der Waals surface area contributed by atoms with E-state index in [1.165, 1.54) is 0 Å². The van der Waals surface area contributed by atoms with Crippen molar-refractivity contribution in [3.05, 3.63) is 30.4 Å². The number of fused-ring (bicyclic) bond motifs is 1. The standard InChI is InChI=1S/C10H13N3O/c1-7(11-2)10-12-6-8-9(14)4-3-5-13(8)10/h3-7,11,14H,1-2H3. The number of nitrogens with one attached hydrogen (secondary N) is 1. The predicted molar refractivity (Wildman–Crippen MR) is 54.3 cm³/mol. The van der Waals surface area contributed by atoms with Gasteiger partial charge in [0.2, 0.25) is 0 Å². The summed E-state index contributed by atoms with van der Waals surface area (Å²) in [5, 5.41) is 12.7. The molecule has 2 rings (SSSR count). The summed E-state index contributed by atoms with van der Waals surface area (Å²) in [5.41, 5.74) is 0.740. The van der Waals surface area contributed by atoms with Gasteiger partial charge in [0.25, 0.3) is 0 Å². The Kier molecular flexibility index (Phi) is 2.13. The summed E-state index contributed by atoms with van der Waals surface area (Å²) >= 11 is 0. The van der Waals surface area contributed by atoms with E-state index in [0.717, 1.165) is 11.3 Å². The first-order chi connectivity index (χ1) is 6.74. The van der Waals surface area contributed by atoms with Gasteiger partial charge in [0.1, 0.15) is 17.1 Å². The molecule has 0 radical (unpaired) electrons. The minimum Gasteiger partial charge on any atom is -0.506 e. The molecule has 74 valence electrons. The van der Waals surface area contributed by atoms with Gasteiger partial charge in [-0.2, -0.15) is 0 Å². The fraction of sp³-hybridized carbons (Fsp3) is 0.300. The fourth-order valence-corrected chi connectivity index (χ4v) is 1.48. The first-order valence-corrected chi connectivity index (χ1v) is 4.56. The molecule has 2 N–H and O–H groups in total. The number of rotatable bonds is 2. The molecule has 0 aromatic carbocycles. The molecular weight excluding hydrogens is 178 g/mol. The molecule has 14 heavy (non-hydrogen) atoms. The van der Waals surface area contributed by atoms with E-state index in [2.05, 4.69) is 10.3 Å². The van der Waals surface area contributed by atoms with Crippen molar-refractivity contribution in [2.24, 2.45) is 0 Å². The van der Waals surface area contributed by atoms with Gasteiger partial charge in [-0.3, -0.25) is 4.40 Å². The first kappa shape index (κ1) is 9.02. The van der Waals surface area contributed by atoms with E-state index in [1.54, 1.807) is 18.3 Å². The summed E-state index contributed by atoms with van der Waals surface area (Å²) in [6.45, 7) is 2.03. The van der Waals surface area contributed by atoms with Crippen LogP contribution in [0.4, 0.5) is 0 Å². The quantitative estimate of drug-likeness (QED) is 0.752. The summed E-state index contributed by atoms with van der Waals surface area (Å²) in [6, 6.07) is 3.63. The minimum absolute atomic E-state index is 0.166. The van der Waals surface area contributed by atoms with Gasteiger partial charge >= 0.3 is 0 Å². The van der Waals surface area contributed by atoms with Gasteiger partial charge in [0, 0.05) is 6.20 Å². The van der Waals surface area contributed by atoms with Crippen molar-refractivity contribution >= 4 is 5.52 Å². The monoisotopic (exact) mass is 191 g/mol. The molecule has 1 atom stereocenters. The normalized spacial score (nSPS) is 13.3. The molecule has 0 aliphatic rings. The summed E-state index contributed by atoms with van der Waals surface area (Å²) < 4.78 is 1.89. The second-order valence-corrected chi connectivity index (χ2v) is 3.28. The predicted octanol–water partition coefficient (Wildman–Crippen LogP) is 1.32. The zero-order valence-electron chi connectivity index (χ0n) is 8.23. The van der Waals surface area contributed by atoms with Gasteiger partial charge in [-0.1, -0.05) is 0 Å². The van der Waals surface area contributed by atoms with E-state index in [1.807, 2.05) is 24.6 Å². The number of hydrogen-bond donors (Lipinski definition) is 2. The summed E-state index contributed by atoms with van der Waals surface area (Å²) in [4.78, 5) is 4.27. The number of pyridine rings is 1. The largest absolute Gasteiger partial charge is 0.506 e. The average molecular weight is 191 g/mol. The lowest BCUT2D eigenvalue weighted by molar-refractivity contribution is 0.478. The van der Waals surface area contributed by atoms with Crippen molar-refractivity contribution in [3.8, 4) is 5.75 Å². The van der Waals surface area contributed by atoms with E-state index < -0.39 is 0 Å². The van der Waals surface area contributed by atoms with Gasteiger partial charge < -0.3 is 10.4 Å². The highest BCUT2D eigenvalue weighted by atomic mass is 16.3. The molecule has 0 saturated carbocycles. The second kappa shape index (κ2) is 3.31. The van der Waals surface area contributed by atoms with Crippen LogP contribution in [0.15, 0.2) is 24.5 Å². The van der Waals surface area contributed by atoms with Crippen LogP contribution in [-0.2, 0) is 0 Å². The molecule has 2 aromatic rings. The van der Waals surface area contributed by atoms with Crippen molar-refractivity contribution in [2.75, 3.05) is 7.05 Å². The summed E-state index contributed by atoms with van der Waals surface area (Å²) in [5.74, 6) is 1.16. The van der Waals surface area contributed by atoms with E-state index in [0.29, 0.717) is 0 Å². The van der Waals surface area contributed by atoms with Crippen LogP contribution >= 0.6 is 0 Å². The molecule has 0 spiro atoms. The first-order valence-electron chi connectivity index (χ1n) is 4.56. The highest BCUT2D eigenvalue weighted by molar-refractivity contribution is 5.58. The van der Waals surface area contributed by atoms with Crippen molar-refractivity contribution < 1.29 is 5.11 Å². The number of imidazole rings is 1. The molecule has 4 nitrogen and oxygen atoms in total. The Balaban J connectivity index is 2.63. The molecule has 0 saturated heterocycles. The van der Waals surface area contributed by atoms with Crippen LogP contribution in [0, 0.1) is 0 Å². The number of aromatic nitrogens is 2. The molecular formula is C10H13N3O. The van der Waals surface area contributed by atoms with E-state index in [9.17, 15) is 5.11 Å². The van der Waals surface area contributed by atoms with Crippen LogP contribution in [0.5, 0.6) is 5.75 Å². The lowest BCUT2D eigenvalue weighted by Gasteiger charge is -2.08. The summed E-state index contributed by atoms with van der Waals surface area (Å²) in [6.07, 6.45) is 3.57.